The maximum Gasteiger partial charge on any atom is 0.337 e. The van der Waals surface area contributed by atoms with Crippen LogP contribution >= 0.6 is 11.3 Å². The van der Waals surface area contributed by atoms with Gasteiger partial charge in [0.25, 0.3) is 0 Å². The Hall–Kier alpha value is -2.92. The summed E-state index contributed by atoms with van der Waals surface area (Å²) in [6.45, 7) is 4.29. The summed E-state index contributed by atoms with van der Waals surface area (Å²) in [4.78, 5) is 14.4. The second kappa shape index (κ2) is 7.60. The highest BCUT2D eigenvalue weighted by molar-refractivity contribution is 7.12. The van der Waals surface area contributed by atoms with Gasteiger partial charge in [0.05, 0.1) is 30.1 Å². The van der Waals surface area contributed by atoms with Crippen LogP contribution in [0.5, 0.6) is 0 Å². The van der Waals surface area contributed by atoms with E-state index in [1.165, 1.54) is 22.4 Å². The van der Waals surface area contributed by atoms with Crippen molar-refractivity contribution in [3.05, 3.63) is 87.1 Å². The molecule has 0 fully saturated rings. The lowest BCUT2D eigenvalue weighted by atomic mass is 9.97. The van der Waals surface area contributed by atoms with Gasteiger partial charge in [-0.2, -0.15) is 5.10 Å². The first-order valence-corrected chi connectivity index (χ1v) is 10.1. The summed E-state index contributed by atoms with van der Waals surface area (Å²) >= 11 is 1.81. The summed E-state index contributed by atoms with van der Waals surface area (Å²) in [5, 5.41) is 7.09. The van der Waals surface area contributed by atoms with E-state index in [0.717, 1.165) is 23.4 Å². The number of nitrogens with zero attached hydrogens (tertiary/aromatic N) is 2. The van der Waals surface area contributed by atoms with Crippen molar-refractivity contribution in [1.82, 2.24) is 0 Å². The second-order valence-corrected chi connectivity index (χ2v) is 8.35. The smallest absolute Gasteiger partial charge is 0.337 e. The van der Waals surface area contributed by atoms with Crippen molar-refractivity contribution in [3.8, 4) is 0 Å². The zero-order chi connectivity index (χ0) is 19.7. The number of hydrogen-bond acceptors (Lipinski definition) is 5. The average Bonchev–Trinajstić information content (AvgIpc) is 3.31. The molecule has 1 aromatic heterocycles. The number of anilines is 1. The van der Waals surface area contributed by atoms with Crippen LogP contribution in [0.25, 0.3) is 0 Å². The van der Waals surface area contributed by atoms with Gasteiger partial charge in [0.15, 0.2) is 0 Å². The molecule has 1 aliphatic rings. The molecule has 0 saturated carbocycles. The van der Waals surface area contributed by atoms with Crippen LogP contribution in [0.1, 0.15) is 43.7 Å². The number of carbonyl (C=O) groups is 1. The van der Waals surface area contributed by atoms with Gasteiger partial charge in [-0.1, -0.05) is 30.3 Å². The number of aryl methyl sites for hydroxylation is 2. The van der Waals surface area contributed by atoms with E-state index in [1.54, 1.807) is 0 Å². The molecule has 28 heavy (non-hydrogen) atoms. The van der Waals surface area contributed by atoms with Gasteiger partial charge in [0.1, 0.15) is 0 Å². The predicted molar refractivity (Wildman–Crippen MR) is 114 cm³/mol. The molecule has 2 aromatic carbocycles. The van der Waals surface area contributed by atoms with Gasteiger partial charge in [-0.3, -0.25) is 5.01 Å². The molecule has 0 radical (unpaired) electrons. The van der Waals surface area contributed by atoms with Crippen LogP contribution in [-0.2, 0) is 4.74 Å². The lowest BCUT2D eigenvalue weighted by molar-refractivity contribution is 0.0600. The fraction of sp³-hybridized carbons (Fsp3) is 0.217. The van der Waals surface area contributed by atoms with E-state index in [1.807, 2.05) is 53.8 Å². The quantitative estimate of drug-likeness (QED) is 0.552. The maximum atomic E-state index is 11.8. The topological polar surface area (TPSA) is 41.9 Å². The summed E-state index contributed by atoms with van der Waals surface area (Å²) in [6, 6.07) is 20.2. The SMILES string of the molecule is COC(=O)c1ccc([C@H]2CC(c3cc(C)sc3C)=NN2c2ccccc2)cc1. The third-order valence-corrected chi connectivity index (χ3v) is 5.97. The lowest BCUT2D eigenvalue weighted by Crippen LogP contribution is -2.18. The van der Waals surface area contributed by atoms with Crippen LogP contribution in [0, 0.1) is 13.8 Å². The van der Waals surface area contributed by atoms with Gasteiger partial charge in [0.2, 0.25) is 0 Å². The number of ether oxygens (including phenoxy) is 1. The molecular formula is C23H22N2O2S. The Bertz CT molecular complexity index is 1020. The molecule has 1 aliphatic heterocycles. The Balaban J connectivity index is 1.71. The highest BCUT2D eigenvalue weighted by Gasteiger charge is 2.31. The number of benzene rings is 2. The first-order chi connectivity index (χ1) is 13.6. The number of rotatable bonds is 4. The van der Waals surface area contributed by atoms with Crippen LogP contribution in [0.3, 0.4) is 0 Å². The summed E-state index contributed by atoms with van der Waals surface area (Å²) in [6.07, 6.45) is 0.823. The average molecular weight is 391 g/mol. The Morgan fingerprint density at radius 3 is 2.43 bits per heavy atom. The number of hydrogen-bond donors (Lipinski definition) is 0. The molecule has 0 spiro atoms. The number of hydrazone groups is 1. The molecule has 1 atom stereocenters. The number of methoxy groups -OCH3 is 1. The molecule has 0 amide bonds. The standard InChI is InChI=1S/C23H22N2O2S/c1-15-13-20(16(2)28-15)21-14-22(25(24-21)19-7-5-4-6-8-19)17-9-11-18(12-10-17)23(26)27-3/h4-13,22H,14H2,1-3H3/t22-/m1/s1. The van der Waals surface area contributed by atoms with E-state index in [9.17, 15) is 4.79 Å². The Morgan fingerprint density at radius 1 is 1.11 bits per heavy atom. The fourth-order valence-corrected chi connectivity index (χ4v) is 4.57. The van der Waals surface area contributed by atoms with E-state index in [2.05, 4.69) is 37.1 Å². The third kappa shape index (κ3) is 3.45. The Labute approximate surface area is 169 Å². The monoisotopic (exact) mass is 390 g/mol. The molecule has 4 nitrogen and oxygen atoms in total. The van der Waals surface area contributed by atoms with Crippen molar-refractivity contribution in [3.63, 3.8) is 0 Å². The van der Waals surface area contributed by atoms with Crippen LogP contribution in [0.4, 0.5) is 5.69 Å². The summed E-state index contributed by atoms with van der Waals surface area (Å²) in [7, 11) is 1.40. The second-order valence-electron chi connectivity index (χ2n) is 6.89. The molecule has 0 unspecified atom stereocenters. The molecule has 0 bridgehead atoms. The largest absolute Gasteiger partial charge is 0.465 e. The highest BCUT2D eigenvalue weighted by atomic mass is 32.1. The predicted octanol–water partition coefficient (Wildman–Crippen LogP) is 5.51. The van der Waals surface area contributed by atoms with Gasteiger partial charge in [-0.05, 0) is 49.7 Å². The number of carbonyl (C=O) groups excluding carboxylic acids is 1. The van der Waals surface area contributed by atoms with E-state index in [4.69, 9.17) is 9.84 Å². The maximum absolute atomic E-state index is 11.8. The van der Waals surface area contributed by atoms with E-state index >= 15 is 0 Å². The van der Waals surface area contributed by atoms with Crippen molar-refractivity contribution in [2.75, 3.05) is 12.1 Å². The molecule has 0 N–H and O–H groups in total. The zero-order valence-corrected chi connectivity index (χ0v) is 17.0. The van der Waals surface area contributed by atoms with E-state index in [-0.39, 0.29) is 12.0 Å². The zero-order valence-electron chi connectivity index (χ0n) is 16.2. The Morgan fingerprint density at radius 2 is 1.82 bits per heavy atom. The summed E-state index contributed by atoms with van der Waals surface area (Å²) < 4.78 is 4.81. The fourth-order valence-electron chi connectivity index (χ4n) is 3.63. The molecule has 3 aromatic rings. The van der Waals surface area contributed by atoms with E-state index < -0.39 is 0 Å². The minimum atomic E-state index is -0.320. The minimum absolute atomic E-state index is 0.0868. The van der Waals surface area contributed by atoms with Crippen LogP contribution in [0.15, 0.2) is 65.8 Å². The first-order valence-electron chi connectivity index (χ1n) is 9.24. The molecular weight excluding hydrogens is 368 g/mol. The Kier molecular flexibility index (Phi) is 5.01. The van der Waals surface area contributed by atoms with E-state index in [0.29, 0.717) is 5.56 Å². The van der Waals surface area contributed by atoms with Gasteiger partial charge >= 0.3 is 5.97 Å². The lowest BCUT2D eigenvalue weighted by Gasteiger charge is -2.24. The number of para-hydroxylation sites is 1. The van der Waals surface area contributed by atoms with Crippen molar-refractivity contribution < 1.29 is 9.53 Å². The molecule has 5 heteroatoms. The molecule has 142 valence electrons. The van der Waals surface area contributed by atoms with Gasteiger partial charge in [-0.15, -0.1) is 11.3 Å². The van der Waals surface area contributed by atoms with Crippen LogP contribution in [-0.4, -0.2) is 18.8 Å². The van der Waals surface area contributed by atoms with Crippen molar-refractivity contribution in [2.24, 2.45) is 5.10 Å². The molecule has 4 rings (SSSR count). The minimum Gasteiger partial charge on any atom is -0.465 e. The molecule has 0 saturated heterocycles. The third-order valence-electron chi connectivity index (χ3n) is 5.00. The van der Waals surface area contributed by atoms with Crippen molar-refractivity contribution in [1.29, 1.82) is 0 Å². The summed E-state index contributed by atoms with van der Waals surface area (Å²) in [5.74, 6) is -0.320. The normalized spacial score (nSPS) is 16.2. The van der Waals surface area contributed by atoms with Crippen molar-refractivity contribution >= 4 is 28.7 Å². The van der Waals surface area contributed by atoms with Crippen LogP contribution < -0.4 is 5.01 Å². The highest BCUT2D eigenvalue weighted by Crippen LogP contribution is 2.38. The van der Waals surface area contributed by atoms with Gasteiger partial charge in [-0.25, -0.2) is 4.79 Å². The summed E-state index contributed by atoms with van der Waals surface area (Å²) in [5.41, 5.74) is 5.08. The molecule has 0 aliphatic carbocycles. The molecule has 2 heterocycles. The van der Waals surface area contributed by atoms with Crippen LogP contribution in [0.2, 0.25) is 0 Å². The number of thiophene rings is 1. The number of esters is 1. The van der Waals surface area contributed by atoms with Gasteiger partial charge < -0.3 is 4.74 Å². The van der Waals surface area contributed by atoms with Crippen molar-refractivity contribution in [2.45, 2.75) is 26.3 Å². The first kappa shape index (κ1) is 18.4. The van der Waals surface area contributed by atoms with Gasteiger partial charge in [0, 0.05) is 21.7 Å².